The minimum absolute atomic E-state index is 0.133. The van der Waals surface area contributed by atoms with Crippen LogP contribution in [0.5, 0.6) is 0 Å². The number of aliphatic hydroxyl groups excluding tert-OH is 1. The number of azide groups is 1. The second kappa shape index (κ2) is 9.55. The molecule has 2 aromatic rings. The third kappa shape index (κ3) is 4.56. The van der Waals surface area contributed by atoms with Gasteiger partial charge in [0.2, 0.25) is 0 Å². The van der Waals surface area contributed by atoms with Crippen molar-refractivity contribution in [3.63, 3.8) is 0 Å². The van der Waals surface area contributed by atoms with Crippen molar-refractivity contribution in [3.05, 3.63) is 71.1 Å². The van der Waals surface area contributed by atoms with E-state index in [9.17, 15) is 5.11 Å². The fourth-order valence-corrected chi connectivity index (χ4v) is 9.24. The Bertz CT molecular complexity index is 858. The fourth-order valence-electron chi connectivity index (χ4n) is 4.67. The molecule has 31 heavy (non-hydrogen) atoms. The van der Waals surface area contributed by atoms with Crippen LogP contribution >= 0.6 is 0 Å². The molecular weight excluding hydrogens is 406 g/mol. The van der Waals surface area contributed by atoms with E-state index in [1.807, 2.05) is 26.0 Å². The lowest BCUT2D eigenvalue weighted by atomic mass is 9.87. The van der Waals surface area contributed by atoms with Gasteiger partial charge in [0.25, 0.3) is 8.32 Å². The van der Waals surface area contributed by atoms with E-state index >= 15 is 0 Å². The van der Waals surface area contributed by atoms with Crippen molar-refractivity contribution in [2.75, 3.05) is 6.61 Å². The molecular formula is C24H33N3O3Si. The number of nitrogens with zero attached hydrogens (tertiary/aromatic N) is 3. The van der Waals surface area contributed by atoms with Crippen LogP contribution in [0.15, 0.2) is 65.8 Å². The Morgan fingerprint density at radius 3 is 2.00 bits per heavy atom. The Hall–Kier alpha value is -2.15. The van der Waals surface area contributed by atoms with Gasteiger partial charge in [0.05, 0.1) is 31.0 Å². The van der Waals surface area contributed by atoms with Gasteiger partial charge in [-0.05, 0) is 27.9 Å². The summed E-state index contributed by atoms with van der Waals surface area (Å²) in [5, 5.41) is 16.8. The Morgan fingerprint density at radius 2 is 1.55 bits per heavy atom. The van der Waals surface area contributed by atoms with Gasteiger partial charge in [0, 0.05) is 10.8 Å². The molecule has 0 aromatic heterocycles. The molecule has 3 rings (SSSR count). The highest BCUT2D eigenvalue weighted by Crippen LogP contribution is 2.38. The van der Waals surface area contributed by atoms with Gasteiger partial charge in [-0.25, -0.2) is 0 Å². The molecule has 3 unspecified atom stereocenters. The van der Waals surface area contributed by atoms with Crippen molar-refractivity contribution in [2.24, 2.45) is 11.0 Å². The van der Waals surface area contributed by atoms with Crippen LogP contribution < -0.4 is 10.4 Å². The minimum atomic E-state index is -2.68. The lowest BCUT2D eigenvalue weighted by Crippen LogP contribution is -2.67. The number of aliphatic hydroxyl groups is 1. The van der Waals surface area contributed by atoms with Crippen molar-refractivity contribution in [3.8, 4) is 0 Å². The van der Waals surface area contributed by atoms with Gasteiger partial charge in [-0.1, -0.05) is 93.5 Å². The quantitative estimate of drug-likeness (QED) is 0.319. The Kier molecular flexibility index (Phi) is 7.24. The molecule has 1 aliphatic heterocycles. The lowest BCUT2D eigenvalue weighted by Gasteiger charge is -2.46. The standard InChI is InChI=1S/C24H33N3O3Si/c1-17-21(30-18(2)22(23(17)28)26-27-25)16-29-31(24(3,4)5,19-12-8-6-9-13-19)20-14-10-7-11-15-20/h6-15,17-18,21-23,28H,16H2,1-5H3/t17-,18?,21?,22?,23+/m1/s1. The normalized spacial score (nSPS) is 26.8. The first-order chi connectivity index (χ1) is 14.7. The van der Waals surface area contributed by atoms with E-state index in [0.29, 0.717) is 6.61 Å². The largest absolute Gasteiger partial charge is 0.405 e. The van der Waals surface area contributed by atoms with Crippen LogP contribution in [0.3, 0.4) is 0 Å². The lowest BCUT2D eigenvalue weighted by molar-refractivity contribution is -0.147. The summed E-state index contributed by atoms with van der Waals surface area (Å²) in [5.41, 5.74) is 8.83. The number of ether oxygens (including phenoxy) is 1. The van der Waals surface area contributed by atoms with Gasteiger partial charge >= 0.3 is 0 Å². The van der Waals surface area contributed by atoms with E-state index in [2.05, 4.69) is 79.3 Å². The maximum atomic E-state index is 10.7. The van der Waals surface area contributed by atoms with Crippen molar-refractivity contribution in [1.82, 2.24) is 0 Å². The zero-order chi connectivity index (χ0) is 22.6. The monoisotopic (exact) mass is 439 g/mol. The molecule has 1 aliphatic rings. The number of hydrogen-bond acceptors (Lipinski definition) is 4. The van der Waals surface area contributed by atoms with E-state index < -0.39 is 20.5 Å². The summed E-state index contributed by atoms with van der Waals surface area (Å²) < 4.78 is 13.2. The van der Waals surface area contributed by atoms with E-state index in [-0.39, 0.29) is 23.2 Å². The van der Waals surface area contributed by atoms with Crippen LogP contribution in [-0.4, -0.2) is 44.4 Å². The molecule has 0 saturated carbocycles. The van der Waals surface area contributed by atoms with Gasteiger partial charge in [0.1, 0.15) is 0 Å². The van der Waals surface area contributed by atoms with Crippen molar-refractivity contribution < 1.29 is 14.3 Å². The van der Waals surface area contributed by atoms with Gasteiger partial charge in [-0.2, -0.15) is 0 Å². The first-order valence-corrected chi connectivity index (χ1v) is 12.8. The molecule has 7 heteroatoms. The minimum Gasteiger partial charge on any atom is -0.405 e. The van der Waals surface area contributed by atoms with E-state index in [1.54, 1.807) is 0 Å². The first-order valence-electron chi connectivity index (χ1n) is 10.8. The van der Waals surface area contributed by atoms with Crippen molar-refractivity contribution >= 4 is 18.7 Å². The van der Waals surface area contributed by atoms with Crippen LogP contribution in [0.25, 0.3) is 10.4 Å². The highest BCUT2D eigenvalue weighted by atomic mass is 28.4. The fraction of sp³-hybridized carbons (Fsp3) is 0.500. The van der Waals surface area contributed by atoms with Crippen molar-refractivity contribution in [1.29, 1.82) is 0 Å². The molecule has 2 aromatic carbocycles. The van der Waals surface area contributed by atoms with Crippen LogP contribution in [0.1, 0.15) is 34.6 Å². The van der Waals surface area contributed by atoms with Crippen LogP contribution in [0, 0.1) is 5.92 Å². The average molecular weight is 440 g/mol. The smallest absolute Gasteiger partial charge is 0.261 e. The summed E-state index contributed by atoms with van der Waals surface area (Å²) in [4.78, 5) is 2.88. The van der Waals surface area contributed by atoms with E-state index in [1.165, 1.54) is 10.4 Å². The molecule has 0 aliphatic carbocycles. The predicted octanol–water partition coefficient (Wildman–Crippen LogP) is 4.03. The summed E-state index contributed by atoms with van der Waals surface area (Å²) in [6.45, 7) is 10.8. The number of benzene rings is 2. The summed E-state index contributed by atoms with van der Waals surface area (Å²) in [6, 6.07) is 20.3. The third-order valence-corrected chi connectivity index (χ3v) is 11.4. The molecule has 0 spiro atoms. The van der Waals surface area contributed by atoms with Crippen LogP contribution in [0.4, 0.5) is 0 Å². The molecule has 0 amide bonds. The molecule has 5 atom stereocenters. The molecule has 0 radical (unpaired) electrons. The highest BCUT2D eigenvalue weighted by molar-refractivity contribution is 6.99. The average Bonchev–Trinajstić information content (AvgIpc) is 2.75. The second-order valence-corrected chi connectivity index (χ2v) is 13.7. The second-order valence-electron chi connectivity index (χ2n) is 9.40. The zero-order valence-corrected chi connectivity index (χ0v) is 20.0. The van der Waals surface area contributed by atoms with E-state index in [0.717, 1.165) is 0 Å². The van der Waals surface area contributed by atoms with Gasteiger partial charge in [-0.15, -0.1) is 0 Å². The topological polar surface area (TPSA) is 87.5 Å². The Labute approximate surface area is 186 Å². The van der Waals surface area contributed by atoms with Gasteiger partial charge in [0.15, 0.2) is 0 Å². The molecule has 166 valence electrons. The van der Waals surface area contributed by atoms with E-state index in [4.69, 9.17) is 14.7 Å². The van der Waals surface area contributed by atoms with Gasteiger partial charge < -0.3 is 14.3 Å². The van der Waals surface area contributed by atoms with Gasteiger partial charge in [-0.3, -0.25) is 0 Å². The highest BCUT2D eigenvalue weighted by Gasteiger charge is 2.51. The Balaban J connectivity index is 1.98. The third-order valence-electron chi connectivity index (χ3n) is 6.41. The number of hydrogen-bond donors (Lipinski definition) is 1. The maximum absolute atomic E-state index is 10.7. The summed E-state index contributed by atoms with van der Waals surface area (Å²) in [5.74, 6) is -0.218. The summed E-state index contributed by atoms with van der Waals surface area (Å²) in [6.07, 6.45) is -1.45. The molecule has 1 N–H and O–H groups in total. The summed E-state index contributed by atoms with van der Waals surface area (Å²) >= 11 is 0. The van der Waals surface area contributed by atoms with Crippen molar-refractivity contribution in [2.45, 2.75) is 64.0 Å². The summed E-state index contributed by atoms with van der Waals surface area (Å²) in [7, 11) is -2.68. The SMILES string of the molecule is CC1OC(CO[Si](c2ccccc2)(c2ccccc2)C(C)(C)C)[C@@H](C)[C@H](O)C1N=[N+]=[N-]. The zero-order valence-electron chi connectivity index (χ0n) is 19.0. The van der Waals surface area contributed by atoms with Crippen LogP contribution in [-0.2, 0) is 9.16 Å². The Morgan fingerprint density at radius 1 is 1.03 bits per heavy atom. The molecule has 6 nitrogen and oxygen atoms in total. The number of rotatable bonds is 6. The molecule has 0 bridgehead atoms. The van der Waals surface area contributed by atoms with Crippen LogP contribution in [0.2, 0.25) is 5.04 Å². The molecule has 1 heterocycles. The molecule has 1 fully saturated rings. The predicted molar refractivity (Wildman–Crippen MR) is 126 cm³/mol. The maximum Gasteiger partial charge on any atom is 0.261 e. The molecule has 1 saturated heterocycles. The first kappa shape index (κ1) is 23.5.